The lowest BCUT2D eigenvalue weighted by Gasteiger charge is -2.22. The van der Waals surface area contributed by atoms with Crippen LogP contribution < -0.4 is 5.32 Å². The predicted octanol–water partition coefficient (Wildman–Crippen LogP) is 3.87. The Morgan fingerprint density at radius 3 is 2.58 bits per heavy atom. The van der Waals surface area contributed by atoms with Gasteiger partial charge in [0.1, 0.15) is 17.9 Å². The normalized spacial score (nSPS) is 12.7. The molecule has 0 fully saturated rings. The minimum Gasteiger partial charge on any atom is -0.444 e. The molecule has 1 rings (SSSR count). The number of rotatable bonds is 3. The summed E-state index contributed by atoms with van der Waals surface area (Å²) in [4.78, 5) is 22.8. The average Bonchev–Trinajstić information content (AvgIpc) is 2.24. The summed E-state index contributed by atoms with van der Waals surface area (Å²) in [5, 5.41) is 2.87. The average molecular weight is 349 g/mol. The fraction of sp³-hybridized carbons (Fsp3) is 0.385. The number of ether oxygens (including phenoxy) is 1. The molecule has 0 aliphatic heterocycles. The molecular formula is C13H15BrClNO3. The van der Waals surface area contributed by atoms with Crippen LogP contribution in [-0.2, 0) is 9.53 Å². The SMILES string of the molecule is CC(C)(C)OC(=O)NC(C=O)c1c(Cl)cccc1Br. The summed E-state index contributed by atoms with van der Waals surface area (Å²) in [6.45, 7) is 5.23. The molecule has 104 valence electrons. The van der Waals surface area contributed by atoms with Gasteiger partial charge < -0.3 is 14.8 Å². The third-order valence-electron chi connectivity index (χ3n) is 2.12. The maximum absolute atomic E-state index is 11.7. The number of halogens is 2. The van der Waals surface area contributed by atoms with Crippen molar-refractivity contribution >= 4 is 39.9 Å². The zero-order valence-corrected chi connectivity index (χ0v) is 13.2. The molecule has 0 heterocycles. The summed E-state index contributed by atoms with van der Waals surface area (Å²) in [5.41, 5.74) is -0.125. The van der Waals surface area contributed by atoms with Gasteiger partial charge in [-0.1, -0.05) is 33.6 Å². The molecule has 0 aliphatic rings. The molecule has 1 N–H and O–H groups in total. The van der Waals surface area contributed by atoms with Gasteiger partial charge in [-0.05, 0) is 32.9 Å². The summed E-state index contributed by atoms with van der Waals surface area (Å²) >= 11 is 9.34. The van der Waals surface area contributed by atoms with Gasteiger partial charge in [-0.3, -0.25) is 0 Å². The second-order valence-electron chi connectivity index (χ2n) is 4.90. The Hall–Kier alpha value is -1.07. The Kier molecular flexibility index (Phi) is 5.38. The molecule has 6 heteroatoms. The van der Waals surface area contributed by atoms with Gasteiger partial charge in [0.05, 0.1) is 0 Å². The van der Waals surface area contributed by atoms with Crippen LogP contribution in [-0.4, -0.2) is 18.0 Å². The molecule has 0 spiro atoms. The quantitative estimate of drug-likeness (QED) is 0.844. The van der Waals surface area contributed by atoms with Crippen molar-refractivity contribution in [1.82, 2.24) is 5.32 Å². The molecule has 0 saturated heterocycles. The summed E-state index contributed by atoms with van der Waals surface area (Å²) in [6.07, 6.45) is -0.0629. The number of hydrogen-bond donors (Lipinski definition) is 1. The maximum atomic E-state index is 11.7. The van der Waals surface area contributed by atoms with E-state index < -0.39 is 17.7 Å². The van der Waals surface area contributed by atoms with Crippen molar-refractivity contribution in [2.24, 2.45) is 0 Å². The molecule has 0 radical (unpaired) electrons. The highest BCUT2D eigenvalue weighted by Gasteiger charge is 2.23. The van der Waals surface area contributed by atoms with E-state index in [1.807, 2.05) is 0 Å². The van der Waals surface area contributed by atoms with Gasteiger partial charge in [-0.2, -0.15) is 0 Å². The number of nitrogens with one attached hydrogen (secondary N) is 1. The Morgan fingerprint density at radius 1 is 1.47 bits per heavy atom. The van der Waals surface area contributed by atoms with Crippen molar-refractivity contribution in [2.75, 3.05) is 0 Å². The molecular weight excluding hydrogens is 334 g/mol. The highest BCUT2D eigenvalue weighted by atomic mass is 79.9. The molecule has 1 aromatic rings. The van der Waals surface area contributed by atoms with Gasteiger partial charge in [0, 0.05) is 15.1 Å². The highest BCUT2D eigenvalue weighted by Crippen LogP contribution is 2.29. The van der Waals surface area contributed by atoms with Gasteiger partial charge >= 0.3 is 6.09 Å². The van der Waals surface area contributed by atoms with Crippen LogP contribution in [0, 0.1) is 0 Å². The van der Waals surface area contributed by atoms with E-state index in [1.165, 1.54) is 0 Å². The van der Waals surface area contributed by atoms with E-state index in [-0.39, 0.29) is 0 Å². The number of carbonyl (C=O) groups is 2. The van der Waals surface area contributed by atoms with Crippen LogP contribution in [0.3, 0.4) is 0 Å². The largest absolute Gasteiger partial charge is 0.444 e. The van der Waals surface area contributed by atoms with Gasteiger partial charge in [-0.15, -0.1) is 0 Å². The van der Waals surface area contributed by atoms with Gasteiger partial charge in [0.15, 0.2) is 0 Å². The van der Waals surface area contributed by atoms with Crippen molar-refractivity contribution in [3.8, 4) is 0 Å². The van der Waals surface area contributed by atoms with Crippen LogP contribution in [0.5, 0.6) is 0 Å². The molecule has 0 aromatic heterocycles. The lowest BCUT2D eigenvalue weighted by Crippen LogP contribution is -2.35. The molecule has 0 bridgehead atoms. The summed E-state index contributed by atoms with van der Waals surface area (Å²) < 4.78 is 5.75. The van der Waals surface area contributed by atoms with Crippen LogP contribution in [0.25, 0.3) is 0 Å². The zero-order valence-electron chi connectivity index (χ0n) is 10.9. The van der Waals surface area contributed by atoms with Crippen molar-refractivity contribution in [1.29, 1.82) is 0 Å². The first kappa shape index (κ1) is 16.0. The van der Waals surface area contributed by atoms with Crippen molar-refractivity contribution in [3.05, 3.63) is 33.3 Å². The van der Waals surface area contributed by atoms with Crippen LogP contribution in [0.1, 0.15) is 32.4 Å². The number of benzene rings is 1. The van der Waals surface area contributed by atoms with Crippen LogP contribution >= 0.6 is 27.5 Å². The fourth-order valence-corrected chi connectivity index (χ4v) is 2.44. The minimum atomic E-state index is -0.863. The topological polar surface area (TPSA) is 55.4 Å². The molecule has 1 aromatic carbocycles. The van der Waals surface area contributed by atoms with E-state index in [4.69, 9.17) is 16.3 Å². The van der Waals surface area contributed by atoms with Crippen molar-refractivity contribution < 1.29 is 14.3 Å². The van der Waals surface area contributed by atoms with E-state index in [0.29, 0.717) is 21.3 Å². The highest BCUT2D eigenvalue weighted by molar-refractivity contribution is 9.10. The monoisotopic (exact) mass is 347 g/mol. The van der Waals surface area contributed by atoms with Gasteiger partial charge in [0.2, 0.25) is 0 Å². The summed E-state index contributed by atoms with van der Waals surface area (Å²) in [5.74, 6) is 0. The van der Waals surface area contributed by atoms with E-state index in [2.05, 4.69) is 21.2 Å². The maximum Gasteiger partial charge on any atom is 0.408 e. The number of hydrogen-bond acceptors (Lipinski definition) is 3. The predicted molar refractivity (Wildman–Crippen MR) is 77.3 cm³/mol. The first-order chi connectivity index (χ1) is 8.74. The summed E-state index contributed by atoms with van der Waals surface area (Å²) in [7, 11) is 0. The lowest BCUT2D eigenvalue weighted by atomic mass is 10.1. The van der Waals surface area contributed by atoms with Crippen LogP contribution in [0.15, 0.2) is 22.7 Å². The number of alkyl carbamates (subject to hydrolysis) is 1. The smallest absolute Gasteiger partial charge is 0.408 e. The fourth-order valence-electron chi connectivity index (χ4n) is 1.42. The van der Waals surface area contributed by atoms with Gasteiger partial charge in [0.25, 0.3) is 0 Å². The minimum absolute atomic E-state index is 0.391. The number of carbonyl (C=O) groups excluding carboxylic acids is 2. The molecule has 1 unspecified atom stereocenters. The Balaban J connectivity index is 2.91. The standard InChI is InChI=1S/C13H15BrClNO3/c1-13(2,3)19-12(18)16-10(7-17)11-8(14)5-4-6-9(11)15/h4-7,10H,1-3H3,(H,16,18). The lowest BCUT2D eigenvalue weighted by molar-refractivity contribution is -0.109. The molecule has 0 aliphatic carbocycles. The van der Waals surface area contributed by atoms with E-state index >= 15 is 0 Å². The van der Waals surface area contributed by atoms with Gasteiger partial charge in [-0.25, -0.2) is 4.79 Å². The Labute approximate surface area is 125 Å². The zero-order chi connectivity index (χ0) is 14.6. The van der Waals surface area contributed by atoms with Crippen molar-refractivity contribution in [3.63, 3.8) is 0 Å². The van der Waals surface area contributed by atoms with Crippen molar-refractivity contribution in [2.45, 2.75) is 32.4 Å². The number of amides is 1. The molecule has 4 nitrogen and oxygen atoms in total. The second kappa shape index (κ2) is 6.39. The Bertz CT molecular complexity index is 465. The molecule has 1 atom stereocenters. The third kappa shape index (κ3) is 4.84. The van der Waals surface area contributed by atoms with Crippen LogP contribution in [0.4, 0.5) is 4.79 Å². The number of aldehydes is 1. The Morgan fingerprint density at radius 2 is 2.11 bits per heavy atom. The molecule has 1 amide bonds. The van der Waals surface area contributed by atoms with E-state index in [9.17, 15) is 9.59 Å². The van der Waals surface area contributed by atoms with Crippen LogP contribution in [0.2, 0.25) is 5.02 Å². The first-order valence-electron chi connectivity index (χ1n) is 5.63. The molecule has 0 saturated carbocycles. The third-order valence-corrected chi connectivity index (χ3v) is 3.14. The van der Waals surface area contributed by atoms with E-state index in [1.54, 1.807) is 39.0 Å². The summed E-state index contributed by atoms with van der Waals surface area (Å²) in [6, 6.07) is 4.27. The second-order valence-corrected chi connectivity index (χ2v) is 6.16. The van der Waals surface area contributed by atoms with E-state index in [0.717, 1.165) is 0 Å². The first-order valence-corrected chi connectivity index (χ1v) is 6.80. The molecule has 19 heavy (non-hydrogen) atoms.